The largest absolute Gasteiger partial charge is 0.465 e. The van der Waals surface area contributed by atoms with Crippen LogP contribution in [0.1, 0.15) is 52.0 Å². The molecule has 1 aromatic heterocycles. The predicted octanol–water partition coefficient (Wildman–Crippen LogP) is 3.12. The van der Waals surface area contributed by atoms with E-state index in [-0.39, 0.29) is 11.9 Å². The minimum absolute atomic E-state index is 0.210. The van der Waals surface area contributed by atoms with Gasteiger partial charge in [-0.25, -0.2) is 4.79 Å². The third kappa shape index (κ3) is 3.41. The number of rotatable bonds is 4. The zero-order chi connectivity index (χ0) is 17.1. The lowest BCUT2D eigenvalue weighted by Gasteiger charge is -2.10. The number of hydrogen-bond acceptors (Lipinski definition) is 4. The van der Waals surface area contributed by atoms with E-state index in [1.807, 2.05) is 32.4 Å². The van der Waals surface area contributed by atoms with Gasteiger partial charge in [-0.15, -0.1) is 0 Å². The van der Waals surface area contributed by atoms with Gasteiger partial charge in [0.2, 0.25) is 0 Å². The lowest BCUT2D eigenvalue weighted by atomic mass is 10.1. The first kappa shape index (κ1) is 16.7. The maximum atomic E-state index is 12.5. The number of esters is 1. The van der Waals surface area contributed by atoms with Crippen LogP contribution in [0.2, 0.25) is 0 Å². The quantitative estimate of drug-likeness (QED) is 0.880. The molecule has 0 aliphatic carbocycles. The second-order valence-electron chi connectivity index (χ2n) is 5.61. The lowest BCUT2D eigenvalue weighted by molar-refractivity contribution is 0.0600. The Bertz CT molecular complexity index is 748. The van der Waals surface area contributed by atoms with Crippen molar-refractivity contribution in [1.29, 1.82) is 0 Å². The van der Waals surface area contributed by atoms with Gasteiger partial charge in [0.15, 0.2) is 0 Å². The molecule has 0 aliphatic rings. The third-order valence-electron chi connectivity index (χ3n) is 3.60. The molecule has 0 saturated heterocycles. The summed E-state index contributed by atoms with van der Waals surface area (Å²) in [5, 5.41) is 7.32. The number of benzene rings is 1. The minimum atomic E-state index is -0.473. The number of aromatic nitrogens is 2. The van der Waals surface area contributed by atoms with Crippen molar-refractivity contribution in [3.63, 3.8) is 0 Å². The highest BCUT2D eigenvalue weighted by Crippen LogP contribution is 2.23. The molecular formula is C17H21N3O3. The van der Waals surface area contributed by atoms with E-state index in [0.29, 0.717) is 16.8 Å². The summed E-state index contributed by atoms with van der Waals surface area (Å²) in [5.41, 5.74) is 3.09. The van der Waals surface area contributed by atoms with Crippen LogP contribution in [0.5, 0.6) is 0 Å². The third-order valence-corrected chi connectivity index (χ3v) is 3.60. The van der Waals surface area contributed by atoms with Crippen molar-refractivity contribution in [2.24, 2.45) is 0 Å². The normalized spacial score (nSPS) is 10.7. The van der Waals surface area contributed by atoms with Crippen LogP contribution in [0, 0.1) is 13.8 Å². The molecule has 122 valence electrons. The Balaban J connectivity index is 2.28. The van der Waals surface area contributed by atoms with Gasteiger partial charge in [-0.05, 0) is 45.9 Å². The first-order chi connectivity index (χ1) is 10.8. The number of ether oxygens (including phenoxy) is 1. The maximum absolute atomic E-state index is 12.5. The molecule has 2 rings (SSSR count). The molecule has 0 radical (unpaired) electrons. The zero-order valence-corrected chi connectivity index (χ0v) is 14.0. The molecule has 0 aliphatic heterocycles. The monoisotopic (exact) mass is 315 g/mol. The fourth-order valence-electron chi connectivity index (χ4n) is 2.44. The van der Waals surface area contributed by atoms with Gasteiger partial charge < -0.3 is 10.1 Å². The predicted molar refractivity (Wildman–Crippen MR) is 87.8 cm³/mol. The second kappa shape index (κ2) is 6.64. The average molecular weight is 315 g/mol. The minimum Gasteiger partial charge on any atom is -0.465 e. The topological polar surface area (TPSA) is 73.2 Å². The highest BCUT2D eigenvalue weighted by atomic mass is 16.5. The number of anilines is 1. The van der Waals surface area contributed by atoms with E-state index >= 15 is 0 Å². The number of nitrogens with zero attached hydrogens (tertiary/aromatic N) is 2. The fourth-order valence-corrected chi connectivity index (χ4v) is 2.44. The Labute approximate surface area is 135 Å². The van der Waals surface area contributed by atoms with Crippen LogP contribution in [0.4, 0.5) is 5.69 Å². The smallest absolute Gasteiger partial charge is 0.337 e. The summed E-state index contributed by atoms with van der Waals surface area (Å²) in [6.07, 6.45) is 0. The van der Waals surface area contributed by atoms with Crippen molar-refractivity contribution in [1.82, 2.24) is 9.78 Å². The second-order valence-corrected chi connectivity index (χ2v) is 5.61. The standard InChI is InChI=1S/C17H21N3O3/c1-10(2)20-12(4)15(11(3)19-20)18-16(21)13-7-6-8-14(9-13)17(22)23-5/h6-10H,1-5H3,(H,18,21). The van der Waals surface area contributed by atoms with Gasteiger partial charge in [-0.1, -0.05) is 6.07 Å². The molecule has 1 heterocycles. The summed E-state index contributed by atoms with van der Waals surface area (Å²) < 4.78 is 6.54. The van der Waals surface area contributed by atoms with E-state index in [0.717, 1.165) is 11.4 Å². The van der Waals surface area contributed by atoms with Crippen molar-refractivity contribution < 1.29 is 14.3 Å². The summed E-state index contributed by atoms with van der Waals surface area (Å²) in [4.78, 5) is 24.0. The maximum Gasteiger partial charge on any atom is 0.337 e. The molecule has 6 nitrogen and oxygen atoms in total. The summed E-state index contributed by atoms with van der Waals surface area (Å²) in [5.74, 6) is -0.759. The van der Waals surface area contributed by atoms with E-state index in [2.05, 4.69) is 15.2 Å². The van der Waals surface area contributed by atoms with Crippen LogP contribution < -0.4 is 5.32 Å². The number of carbonyl (C=O) groups is 2. The SMILES string of the molecule is COC(=O)c1cccc(C(=O)Nc2c(C)nn(C(C)C)c2C)c1. The van der Waals surface area contributed by atoms with Gasteiger partial charge in [0.05, 0.1) is 29.7 Å². The summed E-state index contributed by atoms with van der Waals surface area (Å²) >= 11 is 0. The molecule has 0 saturated carbocycles. The van der Waals surface area contributed by atoms with Gasteiger partial charge in [0.1, 0.15) is 0 Å². The van der Waals surface area contributed by atoms with E-state index in [4.69, 9.17) is 0 Å². The van der Waals surface area contributed by atoms with Crippen LogP contribution in [-0.2, 0) is 4.74 Å². The summed E-state index contributed by atoms with van der Waals surface area (Å²) in [7, 11) is 1.31. The van der Waals surface area contributed by atoms with Crippen LogP contribution in [0.25, 0.3) is 0 Å². The van der Waals surface area contributed by atoms with E-state index in [1.54, 1.807) is 18.2 Å². The number of hydrogen-bond donors (Lipinski definition) is 1. The van der Waals surface area contributed by atoms with E-state index < -0.39 is 5.97 Å². The van der Waals surface area contributed by atoms with Gasteiger partial charge in [-0.2, -0.15) is 5.10 Å². The molecule has 1 amide bonds. The van der Waals surface area contributed by atoms with Crippen LogP contribution >= 0.6 is 0 Å². The first-order valence-electron chi connectivity index (χ1n) is 7.40. The Morgan fingerprint density at radius 3 is 2.43 bits per heavy atom. The van der Waals surface area contributed by atoms with E-state index in [9.17, 15) is 9.59 Å². The molecule has 0 atom stereocenters. The van der Waals surface area contributed by atoms with Crippen molar-refractivity contribution in [2.75, 3.05) is 12.4 Å². The number of nitrogens with one attached hydrogen (secondary N) is 1. The molecule has 23 heavy (non-hydrogen) atoms. The zero-order valence-electron chi connectivity index (χ0n) is 14.0. The van der Waals surface area contributed by atoms with Crippen LogP contribution in [0.3, 0.4) is 0 Å². The highest BCUT2D eigenvalue weighted by Gasteiger charge is 2.17. The summed E-state index contributed by atoms with van der Waals surface area (Å²) in [6, 6.07) is 6.63. The molecule has 0 unspecified atom stereocenters. The van der Waals surface area contributed by atoms with Gasteiger partial charge in [0, 0.05) is 11.6 Å². The number of amides is 1. The Morgan fingerprint density at radius 2 is 1.87 bits per heavy atom. The average Bonchev–Trinajstić information content (AvgIpc) is 2.82. The number of carbonyl (C=O) groups excluding carboxylic acids is 2. The Kier molecular flexibility index (Phi) is 4.83. The van der Waals surface area contributed by atoms with Crippen molar-refractivity contribution in [3.8, 4) is 0 Å². The number of aryl methyl sites for hydroxylation is 1. The molecule has 2 aromatic rings. The van der Waals surface area contributed by atoms with Gasteiger partial charge in [-0.3, -0.25) is 9.48 Å². The Hall–Kier alpha value is -2.63. The van der Waals surface area contributed by atoms with Crippen molar-refractivity contribution in [2.45, 2.75) is 33.7 Å². The van der Waals surface area contributed by atoms with Crippen molar-refractivity contribution in [3.05, 3.63) is 46.8 Å². The van der Waals surface area contributed by atoms with Crippen molar-refractivity contribution >= 4 is 17.6 Å². The lowest BCUT2D eigenvalue weighted by Crippen LogP contribution is -2.14. The highest BCUT2D eigenvalue weighted by molar-refractivity contribution is 6.06. The molecule has 0 bridgehead atoms. The molecule has 0 fully saturated rings. The molecule has 1 N–H and O–H groups in total. The van der Waals surface area contributed by atoms with Crippen LogP contribution in [0.15, 0.2) is 24.3 Å². The Morgan fingerprint density at radius 1 is 1.22 bits per heavy atom. The number of methoxy groups -OCH3 is 1. The van der Waals surface area contributed by atoms with E-state index in [1.165, 1.54) is 13.2 Å². The molecule has 6 heteroatoms. The first-order valence-corrected chi connectivity index (χ1v) is 7.40. The molecule has 1 aromatic carbocycles. The summed E-state index contributed by atoms with van der Waals surface area (Å²) in [6.45, 7) is 7.84. The molecular weight excluding hydrogens is 294 g/mol. The molecule has 0 spiro atoms. The van der Waals surface area contributed by atoms with Gasteiger partial charge in [0.25, 0.3) is 5.91 Å². The fraction of sp³-hybridized carbons (Fsp3) is 0.353. The van der Waals surface area contributed by atoms with Gasteiger partial charge >= 0.3 is 5.97 Å². The van der Waals surface area contributed by atoms with Crippen LogP contribution in [-0.4, -0.2) is 28.8 Å².